The molecule has 1 N–H and O–H groups in total. The van der Waals surface area contributed by atoms with Gasteiger partial charge in [0.2, 0.25) is 0 Å². The Morgan fingerprint density at radius 1 is 1.63 bits per heavy atom. The highest BCUT2D eigenvalue weighted by Gasteiger charge is 2.26. The molecule has 2 rings (SSSR count). The summed E-state index contributed by atoms with van der Waals surface area (Å²) < 4.78 is 5.68. The van der Waals surface area contributed by atoms with Gasteiger partial charge in [0.1, 0.15) is 0 Å². The van der Waals surface area contributed by atoms with E-state index in [2.05, 4.69) is 16.8 Å². The molecule has 2 heterocycles. The molecule has 0 aromatic carbocycles. The molecule has 0 bridgehead atoms. The van der Waals surface area contributed by atoms with Crippen molar-refractivity contribution in [1.82, 2.24) is 9.88 Å². The monoisotopic (exact) mass is 284 g/mol. The zero-order valence-corrected chi connectivity index (χ0v) is 12.0. The van der Waals surface area contributed by atoms with Crippen LogP contribution in [-0.4, -0.2) is 53.4 Å². The van der Waals surface area contributed by atoms with Gasteiger partial charge in [-0.25, -0.2) is 0 Å². The number of nitrogens with zero attached hydrogens (tertiary/aromatic N) is 2. The number of ether oxygens (including phenoxy) is 1. The lowest BCUT2D eigenvalue weighted by atomic mass is 10.0. The van der Waals surface area contributed by atoms with Crippen LogP contribution in [0.4, 0.5) is 0 Å². The summed E-state index contributed by atoms with van der Waals surface area (Å²) in [5.74, 6) is 0. The van der Waals surface area contributed by atoms with E-state index < -0.39 is 6.10 Å². The average Bonchev–Trinajstić information content (AvgIpc) is 2.42. The van der Waals surface area contributed by atoms with Crippen molar-refractivity contribution >= 4 is 11.6 Å². The van der Waals surface area contributed by atoms with Crippen molar-refractivity contribution < 1.29 is 9.84 Å². The van der Waals surface area contributed by atoms with Crippen LogP contribution in [0.5, 0.6) is 0 Å². The number of hydrogen-bond donors (Lipinski definition) is 1. The number of hydrogen-bond acceptors (Lipinski definition) is 4. The summed E-state index contributed by atoms with van der Waals surface area (Å²) in [5.41, 5.74) is 0.917. The van der Waals surface area contributed by atoms with Crippen LogP contribution in [0, 0.1) is 0 Å². The Kier molecular flexibility index (Phi) is 5.58. The first-order chi connectivity index (χ1) is 9.20. The zero-order valence-electron chi connectivity index (χ0n) is 11.3. The largest absolute Gasteiger partial charge is 0.390 e. The number of halogens is 1. The van der Waals surface area contributed by atoms with E-state index in [4.69, 9.17) is 16.3 Å². The highest BCUT2D eigenvalue weighted by atomic mass is 35.5. The average molecular weight is 285 g/mol. The minimum absolute atomic E-state index is 0.135. The van der Waals surface area contributed by atoms with Gasteiger partial charge in [0, 0.05) is 31.9 Å². The Hall–Kier alpha value is -0.680. The summed E-state index contributed by atoms with van der Waals surface area (Å²) in [6, 6.07) is 1.85. The van der Waals surface area contributed by atoms with E-state index in [1.807, 2.05) is 6.07 Å². The van der Waals surface area contributed by atoms with Gasteiger partial charge >= 0.3 is 0 Å². The second-order valence-electron chi connectivity index (χ2n) is 4.95. The van der Waals surface area contributed by atoms with E-state index in [-0.39, 0.29) is 6.10 Å². The third-order valence-corrected chi connectivity index (χ3v) is 3.77. The van der Waals surface area contributed by atoms with Gasteiger partial charge in [0.05, 0.1) is 23.8 Å². The Bertz CT molecular complexity index is 401. The van der Waals surface area contributed by atoms with Gasteiger partial charge in [-0.15, -0.1) is 0 Å². The summed E-state index contributed by atoms with van der Waals surface area (Å²) in [4.78, 5) is 6.29. The van der Waals surface area contributed by atoms with Crippen LogP contribution >= 0.6 is 11.6 Å². The lowest BCUT2D eigenvalue weighted by Crippen LogP contribution is -2.48. The molecule has 19 heavy (non-hydrogen) atoms. The third kappa shape index (κ3) is 4.14. The van der Waals surface area contributed by atoms with Crippen molar-refractivity contribution in [3.05, 3.63) is 29.0 Å². The molecule has 1 aliphatic heterocycles. The Morgan fingerprint density at radius 2 is 2.47 bits per heavy atom. The fourth-order valence-electron chi connectivity index (χ4n) is 2.41. The number of morpholine rings is 1. The van der Waals surface area contributed by atoms with Crippen molar-refractivity contribution in [2.24, 2.45) is 0 Å². The molecule has 2 unspecified atom stereocenters. The molecule has 1 aromatic heterocycles. The molecule has 1 saturated heterocycles. The summed E-state index contributed by atoms with van der Waals surface area (Å²) in [6.07, 6.45) is 4.27. The Morgan fingerprint density at radius 3 is 3.21 bits per heavy atom. The molecule has 0 aliphatic carbocycles. The smallest absolute Gasteiger partial charge is 0.0964 e. The number of aliphatic hydroxyl groups excluding tert-OH is 1. The normalized spacial score (nSPS) is 22.4. The molecule has 4 nitrogen and oxygen atoms in total. The number of aliphatic hydroxyl groups is 1. The van der Waals surface area contributed by atoms with Gasteiger partial charge in [-0.1, -0.05) is 18.5 Å². The van der Waals surface area contributed by atoms with Crippen LogP contribution in [0.15, 0.2) is 18.5 Å². The van der Waals surface area contributed by atoms with E-state index in [0.29, 0.717) is 18.1 Å². The third-order valence-electron chi connectivity index (χ3n) is 3.43. The SMILES string of the molecule is CCCN1CCOC(C(O)Cc2ccncc2Cl)C1. The van der Waals surface area contributed by atoms with Gasteiger partial charge in [-0.05, 0) is 24.6 Å². The van der Waals surface area contributed by atoms with Gasteiger partial charge in [-0.3, -0.25) is 9.88 Å². The van der Waals surface area contributed by atoms with E-state index in [1.54, 1.807) is 12.4 Å². The van der Waals surface area contributed by atoms with Crippen molar-refractivity contribution in [1.29, 1.82) is 0 Å². The summed E-state index contributed by atoms with van der Waals surface area (Å²) in [6.45, 7) is 5.65. The molecule has 106 valence electrons. The first-order valence-corrected chi connectivity index (χ1v) is 7.19. The van der Waals surface area contributed by atoms with Crippen LogP contribution in [0.1, 0.15) is 18.9 Å². The number of aromatic nitrogens is 1. The summed E-state index contributed by atoms with van der Waals surface area (Å²) in [7, 11) is 0. The van der Waals surface area contributed by atoms with Gasteiger partial charge in [0.25, 0.3) is 0 Å². The van der Waals surface area contributed by atoms with Crippen LogP contribution < -0.4 is 0 Å². The fourth-order valence-corrected chi connectivity index (χ4v) is 2.61. The van der Waals surface area contributed by atoms with Crippen LogP contribution in [0.25, 0.3) is 0 Å². The summed E-state index contributed by atoms with van der Waals surface area (Å²) >= 11 is 6.06. The van der Waals surface area contributed by atoms with Crippen LogP contribution in [-0.2, 0) is 11.2 Å². The molecule has 0 radical (unpaired) electrons. The molecular weight excluding hydrogens is 264 g/mol. The maximum atomic E-state index is 10.3. The number of rotatable bonds is 5. The first kappa shape index (κ1) is 14.7. The second-order valence-corrected chi connectivity index (χ2v) is 5.36. The quantitative estimate of drug-likeness (QED) is 0.895. The standard InChI is InChI=1S/C14H21ClN2O2/c1-2-5-17-6-7-19-14(10-17)13(18)8-11-3-4-16-9-12(11)15/h3-4,9,13-14,18H,2,5-8,10H2,1H3. The molecule has 1 fully saturated rings. The molecule has 2 atom stereocenters. The fraction of sp³-hybridized carbons (Fsp3) is 0.643. The Balaban J connectivity index is 1.92. The minimum atomic E-state index is -0.528. The highest BCUT2D eigenvalue weighted by Crippen LogP contribution is 2.18. The lowest BCUT2D eigenvalue weighted by molar-refractivity contribution is -0.0877. The van der Waals surface area contributed by atoms with Crippen molar-refractivity contribution in [2.45, 2.75) is 32.0 Å². The first-order valence-electron chi connectivity index (χ1n) is 6.81. The van der Waals surface area contributed by atoms with Gasteiger partial charge in [-0.2, -0.15) is 0 Å². The van der Waals surface area contributed by atoms with E-state index >= 15 is 0 Å². The van der Waals surface area contributed by atoms with E-state index in [0.717, 1.165) is 31.6 Å². The predicted octanol–water partition coefficient (Wildman–Crippen LogP) is 1.75. The van der Waals surface area contributed by atoms with Crippen molar-refractivity contribution in [3.8, 4) is 0 Å². The van der Waals surface area contributed by atoms with Gasteiger partial charge in [0.15, 0.2) is 0 Å². The summed E-state index contributed by atoms with van der Waals surface area (Å²) in [5, 5.41) is 10.9. The predicted molar refractivity (Wildman–Crippen MR) is 75.4 cm³/mol. The van der Waals surface area contributed by atoms with Crippen LogP contribution in [0.3, 0.4) is 0 Å². The second kappa shape index (κ2) is 7.20. The van der Waals surface area contributed by atoms with Crippen LogP contribution in [0.2, 0.25) is 5.02 Å². The van der Waals surface area contributed by atoms with Crippen molar-refractivity contribution in [2.75, 3.05) is 26.2 Å². The Labute approximate surface area is 119 Å². The van der Waals surface area contributed by atoms with Gasteiger partial charge < -0.3 is 9.84 Å². The molecule has 0 spiro atoms. The van der Waals surface area contributed by atoms with E-state index in [1.165, 1.54) is 0 Å². The zero-order chi connectivity index (χ0) is 13.7. The van der Waals surface area contributed by atoms with E-state index in [9.17, 15) is 5.11 Å². The maximum Gasteiger partial charge on any atom is 0.0964 e. The lowest BCUT2D eigenvalue weighted by Gasteiger charge is -2.35. The molecule has 1 aliphatic rings. The molecular formula is C14H21ClN2O2. The highest BCUT2D eigenvalue weighted by molar-refractivity contribution is 6.31. The molecule has 5 heteroatoms. The topological polar surface area (TPSA) is 45.6 Å². The number of pyridine rings is 1. The molecule has 1 aromatic rings. The minimum Gasteiger partial charge on any atom is -0.390 e. The maximum absolute atomic E-state index is 10.3. The van der Waals surface area contributed by atoms with Crippen molar-refractivity contribution in [3.63, 3.8) is 0 Å². The molecule has 0 saturated carbocycles. The molecule has 0 amide bonds.